The number of nitrogens with zero attached hydrogens (tertiary/aromatic N) is 2. The molecular weight excluding hydrogens is 520 g/mol. The highest BCUT2D eigenvalue weighted by atomic mass is 79.9. The first kappa shape index (κ1) is 23.6. The fourth-order valence-corrected chi connectivity index (χ4v) is 9.50. The van der Waals surface area contributed by atoms with E-state index in [1.807, 2.05) is 13.0 Å². The number of aliphatic carboxylic acids is 1. The lowest BCUT2D eigenvalue weighted by molar-refractivity contribution is -0.148. The number of aliphatic hydroxyl groups is 1. The molecule has 3 unspecified atom stereocenters. The minimum absolute atomic E-state index is 0.0402. The molecule has 1 aromatic carbocycles. The van der Waals surface area contributed by atoms with Gasteiger partial charge in [0.15, 0.2) is 0 Å². The number of para-hydroxylation sites is 1. The van der Waals surface area contributed by atoms with Crippen LogP contribution in [-0.2, 0) is 14.4 Å². The first-order valence-electron chi connectivity index (χ1n) is 10.3. The fourth-order valence-electron chi connectivity index (χ4n) is 5.57. The molecule has 0 aromatic heterocycles. The van der Waals surface area contributed by atoms with Crippen molar-refractivity contribution in [2.45, 2.75) is 34.2 Å². The summed E-state index contributed by atoms with van der Waals surface area (Å²) in [7, 11) is 0. The average Bonchev–Trinajstić information content (AvgIpc) is 3.31. The molecule has 0 radical (unpaired) electrons. The molecule has 1 spiro atoms. The number of aryl methyl sites for hydroxylation is 1. The molecule has 3 aliphatic heterocycles. The summed E-state index contributed by atoms with van der Waals surface area (Å²) in [5.41, 5.74) is 1.34. The number of thioether (sulfide) groups is 1. The van der Waals surface area contributed by atoms with Crippen molar-refractivity contribution in [3.05, 3.63) is 41.4 Å². The number of carboxylic acid groups (broad SMARTS) is 1. The number of hydrogen-bond donors (Lipinski definition) is 2. The summed E-state index contributed by atoms with van der Waals surface area (Å²) in [4.78, 5) is 42.5. The molecule has 10 heteroatoms. The van der Waals surface area contributed by atoms with Crippen LogP contribution in [0.4, 0.5) is 5.69 Å². The highest BCUT2D eigenvalue weighted by Gasteiger charge is 2.76. The van der Waals surface area contributed by atoms with E-state index < -0.39 is 28.6 Å². The lowest BCUT2D eigenvalue weighted by Crippen LogP contribution is -2.56. The number of rotatable bonds is 7. The van der Waals surface area contributed by atoms with Gasteiger partial charge in [-0.05, 0) is 25.0 Å². The predicted octanol–water partition coefficient (Wildman–Crippen LogP) is 2.71. The number of alkyl halides is 1. The van der Waals surface area contributed by atoms with Crippen molar-refractivity contribution in [3.8, 4) is 0 Å². The van der Waals surface area contributed by atoms with Crippen molar-refractivity contribution in [2.24, 2.45) is 11.8 Å². The van der Waals surface area contributed by atoms with Crippen LogP contribution in [0.3, 0.4) is 0 Å². The Morgan fingerprint density at radius 2 is 2.19 bits per heavy atom. The highest BCUT2D eigenvalue weighted by Crippen LogP contribution is 2.67. The third kappa shape index (κ3) is 3.31. The molecule has 3 aliphatic rings. The van der Waals surface area contributed by atoms with E-state index in [4.69, 9.17) is 11.6 Å². The number of amides is 2. The maximum absolute atomic E-state index is 14.1. The second-order valence-electron chi connectivity index (χ2n) is 8.40. The number of hydrogen-bond acceptors (Lipinski definition) is 5. The van der Waals surface area contributed by atoms with Gasteiger partial charge in [0.1, 0.15) is 6.04 Å². The van der Waals surface area contributed by atoms with Gasteiger partial charge in [0.05, 0.1) is 33.9 Å². The fraction of sp³-hybridized carbons (Fsp3) is 0.500. The lowest BCUT2D eigenvalue weighted by Gasteiger charge is -2.38. The summed E-state index contributed by atoms with van der Waals surface area (Å²) in [6.07, 6.45) is 2.08. The molecular formula is C22H24BrClN2O5S. The van der Waals surface area contributed by atoms with E-state index >= 15 is 0 Å². The largest absolute Gasteiger partial charge is 0.481 e. The van der Waals surface area contributed by atoms with Crippen LogP contribution in [0.2, 0.25) is 5.02 Å². The van der Waals surface area contributed by atoms with Gasteiger partial charge in [0, 0.05) is 23.2 Å². The van der Waals surface area contributed by atoms with Crippen LogP contribution in [-0.4, -0.2) is 73.5 Å². The molecule has 0 aliphatic carbocycles. The van der Waals surface area contributed by atoms with Crippen molar-refractivity contribution >= 4 is 62.8 Å². The number of likely N-dealkylation sites (tertiary alicyclic amines) is 1. The second-order valence-corrected chi connectivity index (χ2v) is 11.5. The number of benzene rings is 1. The molecule has 172 valence electrons. The number of aliphatic hydroxyl groups excluding tert-OH is 1. The van der Waals surface area contributed by atoms with E-state index in [2.05, 4.69) is 22.5 Å². The molecule has 32 heavy (non-hydrogen) atoms. The predicted molar refractivity (Wildman–Crippen MR) is 127 cm³/mol. The van der Waals surface area contributed by atoms with Gasteiger partial charge in [0.2, 0.25) is 5.91 Å². The zero-order valence-electron chi connectivity index (χ0n) is 17.4. The van der Waals surface area contributed by atoms with Gasteiger partial charge in [-0.15, -0.1) is 18.3 Å². The molecule has 3 fully saturated rings. The SMILES string of the molecule is C=CCN(C(=O)C1N(CCO)C(=O)[C@@H]2[C@H](C(=O)O)[C@H]3SC12CC3Br)c1c(C)cccc1Cl. The molecule has 7 nitrogen and oxygen atoms in total. The van der Waals surface area contributed by atoms with Crippen LogP contribution in [0, 0.1) is 18.8 Å². The zero-order valence-corrected chi connectivity index (χ0v) is 20.6. The summed E-state index contributed by atoms with van der Waals surface area (Å²) in [6.45, 7) is 5.44. The third-order valence-electron chi connectivity index (χ3n) is 6.69. The van der Waals surface area contributed by atoms with Crippen molar-refractivity contribution in [3.63, 3.8) is 0 Å². The average molecular weight is 544 g/mol. The van der Waals surface area contributed by atoms with Gasteiger partial charge in [0.25, 0.3) is 5.91 Å². The Labute approximate surface area is 203 Å². The van der Waals surface area contributed by atoms with E-state index in [1.165, 1.54) is 21.6 Å². The molecule has 2 amide bonds. The minimum atomic E-state index is -1.03. The Hall–Kier alpha value is -1.55. The lowest BCUT2D eigenvalue weighted by atomic mass is 9.71. The van der Waals surface area contributed by atoms with Crippen LogP contribution in [0.5, 0.6) is 0 Å². The molecule has 2 N–H and O–H groups in total. The first-order chi connectivity index (χ1) is 15.2. The van der Waals surface area contributed by atoms with Gasteiger partial charge in [-0.1, -0.05) is 45.7 Å². The van der Waals surface area contributed by atoms with Crippen molar-refractivity contribution in [1.82, 2.24) is 4.90 Å². The Morgan fingerprint density at radius 1 is 1.47 bits per heavy atom. The standard InChI is InChI=1S/C22H24BrClN2O5S/c1-3-7-25(16-11(2)5-4-6-13(16)24)20(29)18-22-10-12(23)17(32-22)14(21(30)31)15(22)19(28)26(18)8-9-27/h3-6,12,14-15,17-18,27H,1,7-10H2,2H3,(H,30,31)/t12?,14-,15-,17-,18?,22?/m0/s1. The normalized spacial score (nSPS) is 32.8. The number of β-amino-alcohol motifs (C(OH)–C–C–N with tert-alkyl or cyclic N) is 1. The van der Waals surface area contributed by atoms with Crippen molar-refractivity contribution in [2.75, 3.05) is 24.6 Å². The van der Waals surface area contributed by atoms with E-state index in [1.54, 1.807) is 18.2 Å². The van der Waals surface area contributed by atoms with Crippen LogP contribution < -0.4 is 4.90 Å². The second kappa shape index (κ2) is 8.66. The molecule has 3 heterocycles. The Balaban J connectivity index is 1.84. The molecule has 4 rings (SSSR count). The maximum atomic E-state index is 14.1. The van der Waals surface area contributed by atoms with Gasteiger partial charge in [-0.2, -0.15) is 0 Å². The summed E-state index contributed by atoms with van der Waals surface area (Å²) in [6, 6.07) is 4.43. The zero-order chi connectivity index (χ0) is 23.4. The van der Waals surface area contributed by atoms with Crippen LogP contribution in [0.25, 0.3) is 0 Å². The summed E-state index contributed by atoms with van der Waals surface area (Å²) in [5, 5.41) is 19.7. The van der Waals surface area contributed by atoms with E-state index in [9.17, 15) is 24.6 Å². The quantitative estimate of drug-likeness (QED) is 0.405. The van der Waals surface area contributed by atoms with Gasteiger partial charge < -0.3 is 20.0 Å². The van der Waals surface area contributed by atoms with Gasteiger partial charge in [-0.25, -0.2) is 0 Å². The van der Waals surface area contributed by atoms with Gasteiger partial charge >= 0.3 is 5.97 Å². The van der Waals surface area contributed by atoms with Crippen LogP contribution in [0.15, 0.2) is 30.9 Å². The summed E-state index contributed by atoms with van der Waals surface area (Å²) >= 11 is 11.5. The smallest absolute Gasteiger partial charge is 0.308 e. The highest BCUT2D eigenvalue weighted by molar-refractivity contribution is 9.09. The summed E-state index contributed by atoms with van der Waals surface area (Å²) in [5.74, 6) is -3.46. The molecule has 2 bridgehead atoms. The van der Waals surface area contributed by atoms with E-state index in [0.717, 1.165) is 5.56 Å². The Morgan fingerprint density at radius 3 is 2.78 bits per heavy atom. The number of anilines is 1. The van der Waals surface area contributed by atoms with E-state index in [0.29, 0.717) is 17.1 Å². The number of fused-ring (bicyclic) bond motifs is 1. The molecule has 1 aromatic rings. The molecule has 0 saturated carbocycles. The monoisotopic (exact) mass is 542 g/mol. The number of halogens is 2. The number of carbonyl (C=O) groups is 3. The molecule has 6 atom stereocenters. The number of carboxylic acids is 1. The maximum Gasteiger partial charge on any atom is 0.308 e. The molecule has 3 saturated heterocycles. The topological polar surface area (TPSA) is 98.2 Å². The van der Waals surface area contributed by atoms with E-state index in [-0.39, 0.29) is 41.6 Å². The third-order valence-corrected chi connectivity index (χ3v) is 10.2. The van der Waals surface area contributed by atoms with Gasteiger partial charge in [-0.3, -0.25) is 14.4 Å². The first-order valence-corrected chi connectivity index (χ1v) is 12.5. The van der Waals surface area contributed by atoms with Crippen molar-refractivity contribution < 1.29 is 24.6 Å². The summed E-state index contributed by atoms with van der Waals surface area (Å²) < 4.78 is -0.889. The van der Waals surface area contributed by atoms with Crippen LogP contribution in [0.1, 0.15) is 12.0 Å². The minimum Gasteiger partial charge on any atom is -0.481 e. The van der Waals surface area contributed by atoms with Crippen molar-refractivity contribution in [1.29, 1.82) is 0 Å². The Bertz CT molecular complexity index is 973. The number of carbonyl (C=O) groups excluding carboxylic acids is 2. The Kier molecular flexibility index (Phi) is 6.39. The van der Waals surface area contributed by atoms with Crippen LogP contribution >= 0.6 is 39.3 Å².